The van der Waals surface area contributed by atoms with Gasteiger partial charge in [0.05, 0.1) is 0 Å². The Morgan fingerprint density at radius 1 is 1.19 bits per heavy atom. The molecule has 1 saturated carbocycles. The molecule has 0 amide bonds. The van der Waals surface area contributed by atoms with Crippen molar-refractivity contribution in [3.63, 3.8) is 0 Å². The molecular weight excluding hydrogens is 196 g/mol. The molecule has 1 unspecified atom stereocenters. The third-order valence-electron chi connectivity index (χ3n) is 4.20. The van der Waals surface area contributed by atoms with Gasteiger partial charge in [-0.05, 0) is 56.7 Å². The molecule has 0 spiro atoms. The molecule has 1 N–H and O–H groups in total. The summed E-state index contributed by atoms with van der Waals surface area (Å²) in [6.45, 7) is 12.3. The average molecular weight is 224 g/mol. The molecule has 1 heterocycles. The summed E-state index contributed by atoms with van der Waals surface area (Å²) in [5, 5.41) is 3.39. The van der Waals surface area contributed by atoms with Gasteiger partial charge in [-0.2, -0.15) is 0 Å². The Balaban J connectivity index is 1.73. The van der Waals surface area contributed by atoms with Crippen LogP contribution in [-0.2, 0) is 0 Å². The Hall–Kier alpha value is -0.0800. The van der Waals surface area contributed by atoms with Crippen molar-refractivity contribution >= 4 is 0 Å². The van der Waals surface area contributed by atoms with Crippen LogP contribution in [0.2, 0.25) is 0 Å². The summed E-state index contributed by atoms with van der Waals surface area (Å²) < 4.78 is 0. The molecular formula is C14H28N2. The topological polar surface area (TPSA) is 15.3 Å². The first kappa shape index (κ1) is 12.4. The van der Waals surface area contributed by atoms with Crippen LogP contribution in [0.3, 0.4) is 0 Å². The lowest BCUT2D eigenvalue weighted by Crippen LogP contribution is -2.48. The van der Waals surface area contributed by atoms with E-state index in [0.717, 1.165) is 23.8 Å². The van der Waals surface area contributed by atoms with Crippen LogP contribution in [0.4, 0.5) is 0 Å². The van der Waals surface area contributed by atoms with Crippen molar-refractivity contribution in [1.29, 1.82) is 0 Å². The van der Waals surface area contributed by atoms with E-state index in [2.05, 4.69) is 31.0 Å². The molecule has 94 valence electrons. The summed E-state index contributed by atoms with van der Waals surface area (Å²) in [5.74, 6) is 2.68. The summed E-state index contributed by atoms with van der Waals surface area (Å²) in [5.41, 5.74) is 0. The quantitative estimate of drug-likeness (QED) is 0.714. The van der Waals surface area contributed by atoms with E-state index in [-0.39, 0.29) is 0 Å². The van der Waals surface area contributed by atoms with Crippen LogP contribution in [0.5, 0.6) is 0 Å². The molecule has 1 saturated heterocycles. The number of nitrogens with zero attached hydrogens (tertiary/aromatic N) is 1. The predicted octanol–water partition coefficient (Wildman–Crippen LogP) is 2.35. The Morgan fingerprint density at radius 3 is 2.31 bits per heavy atom. The summed E-state index contributed by atoms with van der Waals surface area (Å²) in [7, 11) is 0. The minimum Gasteiger partial charge on any atom is -0.316 e. The van der Waals surface area contributed by atoms with Crippen molar-refractivity contribution in [1.82, 2.24) is 10.2 Å². The van der Waals surface area contributed by atoms with Gasteiger partial charge in [-0.3, -0.25) is 0 Å². The molecule has 2 fully saturated rings. The highest BCUT2D eigenvalue weighted by atomic mass is 15.2. The second-order valence-corrected chi connectivity index (χ2v) is 6.30. The van der Waals surface area contributed by atoms with Crippen LogP contribution in [0.15, 0.2) is 0 Å². The molecule has 2 nitrogen and oxygen atoms in total. The van der Waals surface area contributed by atoms with Crippen LogP contribution >= 0.6 is 0 Å². The first-order chi connectivity index (χ1) is 7.66. The van der Waals surface area contributed by atoms with Crippen LogP contribution in [0, 0.1) is 17.8 Å². The Kier molecular flexibility index (Phi) is 4.26. The van der Waals surface area contributed by atoms with Crippen molar-refractivity contribution in [2.45, 2.75) is 46.1 Å². The number of hydrogen-bond acceptors (Lipinski definition) is 2. The SMILES string of the molecule is CC(C)CCN(CC(C)C1CNC1)C1CC1. The maximum Gasteiger partial charge on any atom is 0.00965 e. The summed E-state index contributed by atoms with van der Waals surface area (Å²) in [6, 6.07) is 0.939. The molecule has 1 atom stereocenters. The number of rotatable bonds is 7. The fraction of sp³-hybridized carbons (Fsp3) is 1.00. The molecule has 0 bridgehead atoms. The molecule has 0 radical (unpaired) electrons. The number of nitrogens with one attached hydrogen (secondary N) is 1. The number of hydrogen-bond donors (Lipinski definition) is 1. The van der Waals surface area contributed by atoms with E-state index < -0.39 is 0 Å². The predicted molar refractivity (Wildman–Crippen MR) is 69.6 cm³/mol. The van der Waals surface area contributed by atoms with Crippen molar-refractivity contribution in [3.8, 4) is 0 Å². The Labute approximate surface area is 101 Å². The molecule has 2 rings (SSSR count). The lowest BCUT2D eigenvalue weighted by atomic mass is 9.88. The highest BCUT2D eigenvalue weighted by Gasteiger charge is 2.32. The minimum absolute atomic E-state index is 0.849. The maximum atomic E-state index is 3.39. The van der Waals surface area contributed by atoms with Gasteiger partial charge in [0.25, 0.3) is 0 Å². The fourth-order valence-corrected chi connectivity index (χ4v) is 2.52. The molecule has 2 aliphatic rings. The maximum absolute atomic E-state index is 3.39. The van der Waals surface area contributed by atoms with Crippen molar-refractivity contribution in [2.24, 2.45) is 17.8 Å². The zero-order chi connectivity index (χ0) is 11.5. The second kappa shape index (κ2) is 5.50. The van der Waals surface area contributed by atoms with Gasteiger partial charge in [0.2, 0.25) is 0 Å². The first-order valence-electron chi connectivity index (χ1n) is 7.11. The molecule has 2 heteroatoms. The van der Waals surface area contributed by atoms with E-state index in [4.69, 9.17) is 0 Å². The molecule has 0 aromatic heterocycles. The molecule has 1 aliphatic heterocycles. The third-order valence-corrected chi connectivity index (χ3v) is 4.20. The van der Waals surface area contributed by atoms with E-state index in [1.165, 1.54) is 45.4 Å². The molecule has 0 aromatic carbocycles. The standard InChI is InChI=1S/C14H28N2/c1-11(2)6-7-16(14-4-5-14)10-12(3)13-8-15-9-13/h11-15H,4-10H2,1-3H3. The lowest BCUT2D eigenvalue weighted by Gasteiger charge is -2.36. The zero-order valence-corrected chi connectivity index (χ0v) is 11.2. The average Bonchev–Trinajstić information content (AvgIpc) is 2.91. The van der Waals surface area contributed by atoms with E-state index in [1.807, 2.05) is 0 Å². The van der Waals surface area contributed by atoms with E-state index >= 15 is 0 Å². The van der Waals surface area contributed by atoms with Crippen LogP contribution in [0.1, 0.15) is 40.0 Å². The molecule has 16 heavy (non-hydrogen) atoms. The van der Waals surface area contributed by atoms with Crippen LogP contribution < -0.4 is 5.32 Å². The van der Waals surface area contributed by atoms with Crippen molar-refractivity contribution < 1.29 is 0 Å². The van der Waals surface area contributed by atoms with Crippen LogP contribution in [-0.4, -0.2) is 37.1 Å². The largest absolute Gasteiger partial charge is 0.316 e. The van der Waals surface area contributed by atoms with Gasteiger partial charge < -0.3 is 10.2 Å². The third kappa shape index (κ3) is 3.46. The van der Waals surface area contributed by atoms with Gasteiger partial charge in [0, 0.05) is 12.6 Å². The monoisotopic (exact) mass is 224 g/mol. The van der Waals surface area contributed by atoms with Gasteiger partial charge in [0.15, 0.2) is 0 Å². The van der Waals surface area contributed by atoms with Crippen molar-refractivity contribution in [2.75, 3.05) is 26.2 Å². The summed E-state index contributed by atoms with van der Waals surface area (Å²) in [6.07, 6.45) is 4.27. The van der Waals surface area contributed by atoms with Gasteiger partial charge in [-0.15, -0.1) is 0 Å². The van der Waals surface area contributed by atoms with Crippen molar-refractivity contribution in [3.05, 3.63) is 0 Å². The molecule has 0 aromatic rings. The summed E-state index contributed by atoms with van der Waals surface area (Å²) in [4.78, 5) is 2.77. The summed E-state index contributed by atoms with van der Waals surface area (Å²) >= 11 is 0. The van der Waals surface area contributed by atoms with Gasteiger partial charge in [0.1, 0.15) is 0 Å². The van der Waals surface area contributed by atoms with Gasteiger partial charge >= 0.3 is 0 Å². The fourth-order valence-electron chi connectivity index (χ4n) is 2.52. The highest BCUT2D eigenvalue weighted by molar-refractivity contribution is 4.88. The Bertz CT molecular complexity index is 207. The minimum atomic E-state index is 0.849. The van der Waals surface area contributed by atoms with E-state index in [1.54, 1.807) is 0 Å². The van der Waals surface area contributed by atoms with E-state index in [0.29, 0.717) is 0 Å². The lowest BCUT2D eigenvalue weighted by molar-refractivity contribution is 0.155. The molecule has 1 aliphatic carbocycles. The first-order valence-corrected chi connectivity index (χ1v) is 7.11. The zero-order valence-electron chi connectivity index (χ0n) is 11.2. The second-order valence-electron chi connectivity index (χ2n) is 6.30. The van der Waals surface area contributed by atoms with Crippen LogP contribution in [0.25, 0.3) is 0 Å². The van der Waals surface area contributed by atoms with Gasteiger partial charge in [-0.1, -0.05) is 20.8 Å². The highest BCUT2D eigenvalue weighted by Crippen LogP contribution is 2.29. The van der Waals surface area contributed by atoms with Gasteiger partial charge in [-0.25, -0.2) is 0 Å². The smallest absolute Gasteiger partial charge is 0.00965 e. The normalized spacial score (nSPS) is 23.8. The van der Waals surface area contributed by atoms with E-state index in [9.17, 15) is 0 Å². The Morgan fingerprint density at radius 2 is 1.88 bits per heavy atom.